The normalized spacial score (nSPS) is 10.6. The molecule has 0 heterocycles. The number of rotatable bonds is 10. The van der Waals surface area contributed by atoms with Gasteiger partial charge in [-0.25, -0.2) is 5.43 Å². The number of hydrogen-bond acceptors (Lipinski definition) is 6. The minimum absolute atomic E-state index is 0.199. The standard InChI is InChI=1S/C28H30N4O5/c1-4-22-7-5-6-8-23(22)31-26(33)18-37-24-14-13-21(15-25(24)36-3)17-30-32-28(35)27(34)29-16-20-11-9-19(2)10-12-20/h5-15,17H,4,16,18H2,1-3H3,(H,29,34)(H,31,33)(H,32,35)/b30-17-. The first-order valence-electron chi connectivity index (χ1n) is 11.7. The molecule has 0 aliphatic rings. The Balaban J connectivity index is 1.49. The number of anilines is 1. The van der Waals surface area contributed by atoms with Gasteiger partial charge in [-0.1, -0.05) is 55.0 Å². The number of nitrogens with zero attached hydrogens (tertiary/aromatic N) is 1. The zero-order chi connectivity index (χ0) is 26.6. The van der Waals surface area contributed by atoms with Crippen molar-refractivity contribution in [3.63, 3.8) is 0 Å². The molecule has 3 rings (SSSR count). The van der Waals surface area contributed by atoms with Crippen LogP contribution < -0.4 is 25.5 Å². The van der Waals surface area contributed by atoms with Crippen molar-refractivity contribution in [3.8, 4) is 11.5 Å². The fourth-order valence-corrected chi connectivity index (χ4v) is 3.35. The summed E-state index contributed by atoms with van der Waals surface area (Å²) in [4.78, 5) is 36.3. The zero-order valence-electron chi connectivity index (χ0n) is 21.0. The lowest BCUT2D eigenvalue weighted by atomic mass is 10.1. The van der Waals surface area contributed by atoms with Crippen molar-refractivity contribution in [2.75, 3.05) is 19.0 Å². The van der Waals surface area contributed by atoms with E-state index in [1.54, 1.807) is 18.2 Å². The van der Waals surface area contributed by atoms with E-state index in [0.717, 1.165) is 28.8 Å². The van der Waals surface area contributed by atoms with Crippen LogP contribution in [-0.4, -0.2) is 37.7 Å². The Morgan fingerprint density at radius 2 is 1.70 bits per heavy atom. The van der Waals surface area contributed by atoms with Crippen LogP contribution in [0.1, 0.15) is 29.2 Å². The molecule has 192 valence electrons. The van der Waals surface area contributed by atoms with Gasteiger partial charge in [0.15, 0.2) is 18.1 Å². The highest BCUT2D eigenvalue weighted by Crippen LogP contribution is 2.27. The van der Waals surface area contributed by atoms with Gasteiger partial charge in [-0.3, -0.25) is 14.4 Å². The maximum Gasteiger partial charge on any atom is 0.329 e. The number of methoxy groups -OCH3 is 1. The van der Waals surface area contributed by atoms with Gasteiger partial charge in [0.05, 0.1) is 13.3 Å². The number of nitrogens with one attached hydrogen (secondary N) is 3. The molecule has 9 nitrogen and oxygen atoms in total. The molecule has 0 bridgehead atoms. The second-order valence-corrected chi connectivity index (χ2v) is 8.13. The molecule has 3 aromatic rings. The van der Waals surface area contributed by atoms with Crippen LogP contribution in [0.2, 0.25) is 0 Å². The largest absolute Gasteiger partial charge is 0.493 e. The third kappa shape index (κ3) is 8.21. The van der Waals surface area contributed by atoms with Crippen LogP contribution in [0, 0.1) is 6.92 Å². The summed E-state index contributed by atoms with van der Waals surface area (Å²) in [5.74, 6) is -1.22. The number of carbonyl (C=O) groups is 3. The fourth-order valence-electron chi connectivity index (χ4n) is 3.35. The number of ether oxygens (including phenoxy) is 2. The first-order chi connectivity index (χ1) is 17.9. The molecule has 37 heavy (non-hydrogen) atoms. The highest BCUT2D eigenvalue weighted by atomic mass is 16.5. The Morgan fingerprint density at radius 1 is 0.946 bits per heavy atom. The summed E-state index contributed by atoms with van der Waals surface area (Å²) in [5.41, 5.74) is 6.56. The molecule has 0 saturated carbocycles. The molecule has 3 amide bonds. The topological polar surface area (TPSA) is 118 Å². The summed E-state index contributed by atoms with van der Waals surface area (Å²) in [6, 6.07) is 20.1. The molecule has 0 aromatic heterocycles. The molecule has 3 N–H and O–H groups in total. The second-order valence-electron chi connectivity index (χ2n) is 8.13. The minimum Gasteiger partial charge on any atom is -0.493 e. The zero-order valence-corrected chi connectivity index (χ0v) is 21.0. The van der Waals surface area contributed by atoms with Crippen molar-refractivity contribution >= 4 is 29.6 Å². The van der Waals surface area contributed by atoms with E-state index in [9.17, 15) is 14.4 Å². The molecule has 0 atom stereocenters. The predicted octanol–water partition coefficient (Wildman–Crippen LogP) is 3.35. The van der Waals surface area contributed by atoms with Gasteiger partial charge in [0.25, 0.3) is 5.91 Å². The number of hydrazone groups is 1. The van der Waals surface area contributed by atoms with E-state index in [-0.39, 0.29) is 19.1 Å². The molecular weight excluding hydrogens is 472 g/mol. The molecule has 0 fully saturated rings. The number of benzene rings is 3. The van der Waals surface area contributed by atoms with E-state index in [4.69, 9.17) is 9.47 Å². The molecule has 0 saturated heterocycles. The summed E-state index contributed by atoms with van der Waals surface area (Å²) in [6.07, 6.45) is 2.17. The van der Waals surface area contributed by atoms with Crippen molar-refractivity contribution in [3.05, 3.63) is 89.0 Å². The summed E-state index contributed by atoms with van der Waals surface area (Å²) < 4.78 is 11.0. The SMILES string of the molecule is CCc1ccccc1NC(=O)COc1ccc(/C=N\NC(=O)C(=O)NCc2ccc(C)cc2)cc1OC. The molecule has 0 radical (unpaired) electrons. The third-order valence-electron chi connectivity index (χ3n) is 5.38. The molecule has 0 spiro atoms. The van der Waals surface area contributed by atoms with Gasteiger partial charge < -0.3 is 20.1 Å². The maximum absolute atomic E-state index is 12.4. The summed E-state index contributed by atoms with van der Waals surface area (Å²) in [6.45, 7) is 4.02. The highest BCUT2D eigenvalue weighted by Gasteiger charge is 2.13. The Morgan fingerprint density at radius 3 is 2.43 bits per heavy atom. The molecule has 0 unspecified atom stereocenters. The summed E-state index contributed by atoms with van der Waals surface area (Å²) >= 11 is 0. The van der Waals surface area contributed by atoms with Crippen LogP contribution in [0.15, 0.2) is 71.8 Å². The van der Waals surface area contributed by atoms with Crippen molar-refractivity contribution in [1.29, 1.82) is 0 Å². The van der Waals surface area contributed by atoms with Crippen molar-refractivity contribution in [2.24, 2.45) is 5.10 Å². The number of para-hydroxylation sites is 1. The lowest BCUT2D eigenvalue weighted by Gasteiger charge is -2.13. The smallest absolute Gasteiger partial charge is 0.329 e. The molecule has 0 aliphatic heterocycles. The van der Waals surface area contributed by atoms with E-state index < -0.39 is 11.8 Å². The van der Waals surface area contributed by atoms with Crippen LogP contribution in [0.25, 0.3) is 0 Å². The van der Waals surface area contributed by atoms with Gasteiger partial charge in [0.2, 0.25) is 0 Å². The maximum atomic E-state index is 12.4. The van der Waals surface area contributed by atoms with Crippen LogP contribution >= 0.6 is 0 Å². The number of hydrogen-bond donors (Lipinski definition) is 3. The summed E-state index contributed by atoms with van der Waals surface area (Å²) in [7, 11) is 1.47. The van der Waals surface area contributed by atoms with Crippen LogP contribution in [0.5, 0.6) is 11.5 Å². The molecule has 9 heteroatoms. The average molecular weight is 503 g/mol. The van der Waals surface area contributed by atoms with Gasteiger partial charge in [0, 0.05) is 12.2 Å². The fraction of sp³-hybridized carbons (Fsp3) is 0.214. The van der Waals surface area contributed by atoms with E-state index >= 15 is 0 Å². The predicted molar refractivity (Wildman–Crippen MR) is 142 cm³/mol. The van der Waals surface area contributed by atoms with E-state index in [1.807, 2.05) is 62.4 Å². The number of carbonyl (C=O) groups excluding carboxylic acids is 3. The third-order valence-corrected chi connectivity index (χ3v) is 5.38. The number of aryl methyl sites for hydroxylation is 2. The quantitative estimate of drug-likeness (QED) is 0.223. The Bertz CT molecular complexity index is 1270. The Kier molecular flexibility index (Phi) is 9.78. The molecule has 3 aromatic carbocycles. The lowest BCUT2D eigenvalue weighted by molar-refractivity contribution is -0.139. The van der Waals surface area contributed by atoms with Crippen LogP contribution in [0.3, 0.4) is 0 Å². The van der Waals surface area contributed by atoms with Gasteiger partial charge in [-0.2, -0.15) is 5.10 Å². The van der Waals surface area contributed by atoms with Gasteiger partial charge in [0.1, 0.15) is 0 Å². The molecular formula is C28H30N4O5. The van der Waals surface area contributed by atoms with E-state index in [0.29, 0.717) is 17.1 Å². The molecule has 0 aliphatic carbocycles. The first kappa shape index (κ1) is 26.9. The van der Waals surface area contributed by atoms with E-state index in [1.165, 1.54) is 13.3 Å². The van der Waals surface area contributed by atoms with Crippen molar-refractivity contribution in [1.82, 2.24) is 10.7 Å². The van der Waals surface area contributed by atoms with Gasteiger partial charge >= 0.3 is 11.8 Å². The monoisotopic (exact) mass is 502 g/mol. The van der Waals surface area contributed by atoms with Gasteiger partial charge in [-0.05, 0) is 54.3 Å². The Labute approximate surface area is 215 Å². The second kappa shape index (κ2) is 13.4. The van der Waals surface area contributed by atoms with Crippen molar-refractivity contribution in [2.45, 2.75) is 26.8 Å². The van der Waals surface area contributed by atoms with Crippen LogP contribution in [-0.2, 0) is 27.3 Å². The van der Waals surface area contributed by atoms with Crippen molar-refractivity contribution < 1.29 is 23.9 Å². The number of amides is 3. The summed E-state index contributed by atoms with van der Waals surface area (Å²) in [5, 5.41) is 9.22. The minimum atomic E-state index is -0.883. The Hall–Kier alpha value is -4.66. The first-order valence-corrected chi connectivity index (χ1v) is 11.7. The highest BCUT2D eigenvalue weighted by molar-refractivity contribution is 6.35. The van der Waals surface area contributed by atoms with E-state index in [2.05, 4.69) is 21.2 Å². The van der Waals surface area contributed by atoms with Gasteiger partial charge in [-0.15, -0.1) is 0 Å². The van der Waals surface area contributed by atoms with Crippen LogP contribution in [0.4, 0.5) is 5.69 Å². The average Bonchev–Trinajstić information content (AvgIpc) is 2.91. The lowest BCUT2D eigenvalue weighted by Crippen LogP contribution is -2.37.